The summed E-state index contributed by atoms with van der Waals surface area (Å²) >= 11 is 9.71. The molecule has 2 nitrogen and oxygen atoms in total. The summed E-state index contributed by atoms with van der Waals surface area (Å²) in [6, 6.07) is 14.1. The first-order chi connectivity index (χ1) is 10.7. The molecule has 1 fully saturated rings. The zero-order chi connectivity index (χ0) is 15.4. The highest BCUT2D eigenvalue weighted by molar-refractivity contribution is 9.10. The zero-order valence-electron chi connectivity index (χ0n) is 12.2. The molecule has 1 aliphatic carbocycles. The van der Waals surface area contributed by atoms with E-state index in [4.69, 9.17) is 21.1 Å². The van der Waals surface area contributed by atoms with Crippen molar-refractivity contribution in [2.45, 2.75) is 25.4 Å². The lowest BCUT2D eigenvalue weighted by molar-refractivity contribution is 0.0881. The van der Waals surface area contributed by atoms with E-state index >= 15 is 0 Å². The third-order valence-corrected chi connectivity index (χ3v) is 4.42. The van der Waals surface area contributed by atoms with E-state index in [1.165, 1.54) is 18.4 Å². The van der Waals surface area contributed by atoms with Crippen molar-refractivity contribution in [2.75, 3.05) is 13.2 Å². The average molecular weight is 382 g/mol. The van der Waals surface area contributed by atoms with Gasteiger partial charge in [-0.05, 0) is 60.7 Å². The first-order valence-electron chi connectivity index (χ1n) is 7.48. The minimum atomic E-state index is 0.487. The molecule has 0 radical (unpaired) electrons. The van der Waals surface area contributed by atoms with Crippen LogP contribution in [0.1, 0.15) is 24.0 Å². The number of benzene rings is 2. The van der Waals surface area contributed by atoms with Crippen LogP contribution in [0.15, 0.2) is 46.9 Å². The highest BCUT2D eigenvalue weighted by Crippen LogP contribution is 2.25. The van der Waals surface area contributed by atoms with Crippen molar-refractivity contribution < 1.29 is 9.47 Å². The van der Waals surface area contributed by atoms with Gasteiger partial charge < -0.3 is 9.47 Å². The van der Waals surface area contributed by atoms with Crippen LogP contribution in [0.3, 0.4) is 0 Å². The van der Waals surface area contributed by atoms with Crippen LogP contribution < -0.4 is 4.74 Å². The topological polar surface area (TPSA) is 18.5 Å². The Balaban J connectivity index is 1.53. The van der Waals surface area contributed by atoms with Gasteiger partial charge in [-0.3, -0.25) is 0 Å². The maximum Gasteiger partial charge on any atom is 0.119 e. The Labute approximate surface area is 144 Å². The van der Waals surface area contributed by atoms with E-state index in [0.717, 1.165) is 27.2 Å². The lowest BCUT2D eigenvalue weighted by Gasteiger charge is -2.09. The van der Waals surface area contributed by atoms with Crippen LogP contribution in [0.4, 0.5) is 0 Å². The molecule has 0 saturated heterocycles. The predicted octanol–water partition coefficient (Wildman–Crippen LogP) is 5.25. The van der Waals surface area contributed by atoms with Gasteiger partial charge in [-0.2, -0.15) is 0 Å². The highest BCUT2D eigenvalue weighted by Gasteiger charge is 2.21. The van der Waals surface area contributed by atoms with Gasteiger partial charge in [-0.1, -0.05) is 39.7 Å². The fraction of sp³-hybridized carbons (Fsp3) is 0.333. The highest BCUT2D eigenvalue weighted by atomic mass is 79.9. The van der Waals surface area contributed by atoms with Crippen molar-refractivity contribution in [1.29, 1.82) is 0 Å². The summed E-state index contributed by atoms with van der Waals surface area (Å²) in [5.74, 6) is 0.878. The Kier molecular flexibility index (Phi) is 5.40. The van der Waals surface area contributed by atoms with E-state index < -0.39 is 0 Å². The minimum Gasteiger partial charge on any atom is -0.491 e. The Hall–Kier alpha value is -1.03. The van der Waals surface area contributed by atoms with E-state index in [1.807, 2.05) is 24.3 Å². The molecule has 1 aliphatic rings. The summed E-state index contributed by atoms with van der Waals surface area (Å²) in [6.45, 7) is 1.27. The summed E-state index contributed by atoms with van der Waals surface area (Å²) in [5.41, 5.74) is 2.32. The van der Waals surface area contributed by atoms with Crippen molar-refractivity contribution in [3.05, 3.63) is 63.1 Å². The van der Waals surface area contributed by atoms with E-state index in [9.17, 15) is 0 Å². The molecule has 2 aromatic rings. The number of hydrogen-bond acceptors (Lipinski definition) is 2. The molecule has 0 heterocycles. The number of hydrogen-bond donors (Lipinski definition) is 0. The second-order valence-corrected chi connectivity index (χ2v) is 6.80. The molecular weight excluding hydrogens is 364 g/mol. The Morgan fingerprint density at radius 3 is 2.55 bits per heavy atom. The molecule has 0 amide bonds. The van der Waals surface area contributed by atoms with Crippen LogP contribution in [-0.2, 0) is 11.2 Å². The van der Waals surface area contributed by atoms with Gasteiger partial charge in [-0.15, -0.1) is 0 Å². The van der Waals surface area contributed by atoms with Crippen LogP contribution >= 0.6 is 27.5 Å². The molecule has 0 N–H and O–H groups in total. The fourth-order valence-corrected chi connectivity index (χ4v) is 2.80. The van der Waals surface area contributed by atoms with Crippen LogP contribution in [0.5, 0.6) is 5.75 Å². The molecule has 116 valence electrons. The molecule has 0 aliphatic heterocycles. The van der Waals surface area contributed by atoms with Gasteiger partial charge in [0.15, 0.2) is 0 Å². The molecule has 0 atom stereocenters. The van der Waals surface area contributed by atoms with E-state index in [1.54, 1.807) is 0 Å². The molecule has 0 spiro atoms. The smallest absolute Gasteiger partial charge is 0.119 e. The summed E-state index contributed by atoms with van der Waals surface area (Å²) in [6.07, 6.45) is 3.70. The third-order valence-electron chi connectivity index (χ3n) is 3.56. The molecular formula is C18H18BrClO2. The number of halogens is 2. The van der Waals surface area contributed by atoms with Gasteiger partial charge >= 0.3 is 0 Å². The van der Waals surface area contributed by atoms with Crippen molar-refractivity contribution in [3.8, 4) is 5.75 Å². The lowest BCUT2D eigenvalue weighted by atomic mass is 10.1. The van der Waals surface area contributed by atoms with Crippen LogP contribution in [0.25, 0.3) is 0 Å². The summed E-state index contributed by atoms with van der Waals surface area (Å²) in [7, 11) is 0. The third kappa shape index (κ3) is 4.73. The van der Waals surface area contributed by atoms with Crippen molar-refractivity contribution in [3.63, 3.8) is 0 Å². The van der Waals surface area contributed by atoms with Crippen LogP contribution in [0.2, 0.25) is 5.02 Å². The molecule has 0 bridgehead atoms. The first kappa shape index (κ1) is 15.9. The lowest BCUT2D eigenvalue weighted by Crippen LogP contribution is -2.07. The summed E-state index contributed by atoms with van der Waals surface area (Å²) < 4.78 is 12.3. The normalized spacial score (nSPS) is 14.1. The van der Waals surface area contributed by atoms with E-state index in [-0.39, 0.29) is 0 Å². The fourth-order valence-electron chi connectivity index (χ4n) is 2.21. The number of rotatable bonds is 7. The van der Waals surface area contributed by atoms with E-state index in [0.29, 0.717) is 19.3 Å². The van der Waals surface area contributed by atoms with Gasteiger partial charge in [0.25, 0.3) is 0 Å². The molecule has 1 saturated carbocycles. The van der Waals surface area contributed by atoms with Gasteiger partial charge in [0.05, 0.1) is 12.7 Å². The summed E-state index contributed by atoms with van der Waals surface area (Å²) in [5, 5.41) is 0.792. The molecule has 22 heavy (non-hydrogen) atoms. The van der Waals surface area contributed by atoms with E-state index in [2.05, 4.69) is 34.1 Å². The minimum absolute atomic E-state index is 0.487. The van der Waals surface area contributed by atoms with Crippen molar-refractivity contribution >= 4 is 27.5 Å². The van der Waals surface area contributed by atoms with Crippen molar-refractivity contribution in [1.82, 2.24) is 0 Å². The standard InChI is InChI=1S/C18H18BrClO2/c19-15-3-8-18(20)14(12-15)11-13-1-4-16(5-2-13)21-9-10-22-17-6-7-17/h1-5,8,12,17H,6-7,9-11H2. The monoisotopic (exact) mass is 380 g/mol. The van der Waals surface area contributed by atoms with Gasteiger partial charge in [0, 0.05) is 9.50 Å². The molecule has 2 aromatic carbocycles. The average Bonchev–Trinajstić information content (AvgIpc) is 3.33. The largest absolute Gasteiger partial charge is 0.491 e. The second-order valence-electron chi connectivity index (χ2n) is 5.48. The second kappa shape index (κ2) is 7.49. The Bertz CT molecular complexity index is 623. The van der Waals surface area contributed by atoms with Crippen LogP contribution in [-0.4, -0.2) is 19.3 Å². The number of ether oxygens (including phenoxy) is 2. The predicted molar refractivity (Wildman–Crippen MR) is 92.9 cm³/mol. The molecule has 0 aromatic heterocycles. The Morgan fingerprint density at radius 2 is 1.82 bits per heavy atom. The summed E-state index contributed by atoms with van der Waals surface area (Å²) in [4.78, 5) is 0. The quantitative estimate of drug-likeness (QED) is 0.610. The molecule has 0 unspecified atom stereocenters. The maximum atomic E-state index is 6.23. The molecule has 3 rings (SSSR count). The van der Waals surface area contributed by atoms with Crippen molar-refractivity contribution in [2.24, 2.45) is 0 Å². The van der Waals surface area contributed by atoms with Crippen LogP contribution in [0, 0.1) is 0 Å². The van der Waals surface area contributed by atoms with Gasteiger partial charge in [0.2, 0.25) is 0 Å². The Morgan fingerprint density at radius 1 is 1.05 bits per heavy atom. The SMILES string of the molecule is Clc1ccc(Br)cc1Cc1ccc(OCCOC2CC2)cc1. The molecule has 4 heteroatoms. The van der Waals surface area contributed by atoms with Gasteiger partial charge in [0.1, 0.15) is 12.4 Å². The maximum absolute atomic E-state index is 6.23. The zero-order valence-corrected chi connectivity index (χ0v) is 14.6. The van der Waals surface area contributed by atoms with Gasteiger partial charge in [-0.25, -0.2) is 0 Å². The first-order valence-corrected chi connectivity index (χ1v) is 8.65.